The highest BCUT2D eigenvalue weighted by atomic mass is 32.2. The second kappa shape index (κ2) is 9.56. The van der Waals surface area contributed by atoms with Crippen LogP contribution >= 0.6 is 11.8 Å². The van der Waals surface area contributed by atoms with Crippen molar-refractivity contribution in [2.75, 3.05) is 20.7 Å². The fourth-order valence-electron chi connectivity index (χ4n) is 4.24. The van der Waals surface area contributed by atoms with Crippen LogP contribution in [-0.2, 0) is 10.3 Å². The third-order valence-electron chi connectivity index (χ3n) is 6.13. The van der Waals surface area contributed by atoms with E-state index < -0.39 is 21.9 Å². The van der Waals surface area contributed by atoms with Crippen LogP contribution < -0.4 is 10.5 Å². The maximum atomic E-state index is 15.0. The van der Waals surface area contributed by atoms with Crippen molar-refractivity contribution in [1.82, 2.24) is 14.9 Å². The van der Waals surface area contributed by atoms with Crippen molar-refractivity contribution in [3.05, 3.63) is 53.2 Å². The number of carbonyl (C=O) groups is 1. The van der Waals surface area contributed by atoms with E-state index in [0.29, 0.717) is 24.0 Å². The lowest BCUT2D eigenvalue weighted by Crippen LogP contribution is -2.49. The van der Waals surface area contributed by atoms with E-state index in [4.69, 9.17) is 10.5 Å². The molecule has 186 valence electrons. The van der Waals surface area contributed by atoms with Crippen LogP contribution in [0, 0.1) is 11.7 Å². The Kier molecular flexibility index (Phi) is 6.86. The lowest BCUT2D eigenvalue weighted by molar-refractivity contribution is -0.131. The molecule has 2 aliphatic rings. The van der Waals surface area contributed by atoms with Crippen molar-refractivity contribution in [3.8, 4) is 5.88 Å². The van der Waals surface area contributed by atoms with Crippen molar-refractivity contribution in [2.45, 2.75) is 43.4 Å². The number of thioether (sulfide) groups is 1. The molecule has 1 aromatic heterocycles. The van der Waals surface area contributed by atoms with Crippen LogP contribution in [0.2, 0.25) is 0 Å². The molecule has 2 aromatic rings. The zero-order valence-electron chi connectivity index (χ0n) is 20.2. The summed E-state index contributed by atoms with van der Waals surface area (Å²) in [5.41, 5.74) is 5.67. The van der Waals surface area contributed by atoms with Crippen molar-refractivity contribution < 1.29 is 18.3 Å². The quantitative estimate of drug-likeness (QED) is 0.605. The van der Waals surface area contributed by atoms with Gasteiger partial charge in [0.2, 0.25) is 11.8 Å². The van der Waals surface area contributed by atoms with Gasteiger partial charge in [-0.1, -0.05) is 17.8 Å². The molecule has 35 heavy (non-hydrogen) atoms. The minimum atomic E-state index is -1.11. The third-order valence-corrected chi connectivity index (χ3v) is 7.20. The average Bonchev–Trinajstić information content (AvgIpc) is 3.62. The molecule has 7 nitrogen and oxygen atoms in total. The van der Waals surface area contributed by atoms with Crippen molar-refractivity contribution in [3.63, 3.8) is 0 Å². The number of halogens is 2. The van der Waals surface area contributed by atoms with E-state index >= 15 is 4.39 Å². The van der Waals surface area contributed by atoms with Crippen LogP contribution in [0.4, 0.5) is 8.78 Å². The average molecular weight is 502 g/mol. The summed E-state index contributed by atoms with van der Waals surface area (Å²) in [6.45, 7) is 4.10. The monoisotopic (exact) mass is 501 g/mol. The van der Waals surface area contributed by atoms with Gasteiger partial charge in [-0.15, -0.1) is 0 Å². The number of benzene rings is 1. The van der Waals surface area contributed by atoms with Gasteiger partial charge in [-0.3, -0.25) is 9.79 Å². The Morgan fingerprint density at radius 3 is 2.66 bits per heavy atom. The summed E-state index contributed by atoms with van der Waals surface area (Å²) in [7, 11) is 3.33. The normalized spacial score (nSPS) is 24.6. The maximum Gasteiger partial charge on any atom is 0.238 e. The van der Waals surface area contributed by atoms with Gasteiger partial charge in [0.25, 0.3) is 0 Å². The van der Waals surface area contributed by atoms with Crippen LogP contribution in [0.5, 0.6) is 5.88 Å². The molecule has 1 fully saturated rings. The molecule has 0 unspecified atom stereocenters. The molecular weight excluding hydrogens is 472 g/mol. The van der Waals surface area contributed by atoms with E-state index in [1.165, 1.54) is 53.3 Å². The SMILES string of the molecule is CN(C)C(=O)[C@@]1(C)C[C@@](C)(c2cc(/C=C(\F)c3cnc(OCC4CC4)cn3)ccc2F)N=C(N)S1. The molecule has 10 heteroatoms. The smallest absolute Gasteiger partial charge is 0.238 e. The van der Waals surface area contributed by atoms with Gasteiger partial charge in [0.05, 0.1) is 24.5 Å². The number of hydrogen-bond acceptors (Lipinski definition) is 7. The van der Waals surface area contributed by atoms with Gasteiger partial charge in [0, 0.05) is 26.1 Å². The standard InChI is InChI=1S/C25H29F2N5O2S/c1-24(14-25(2,22(33)32(3)4)35-23(28)31-24)17-9-16(7-8-18(17)26)10-19(27)20-11-30-21(12-29-20)34-13-15-5-6-15/h7-12,15H,5-6,13-14H2,1-4H3,(H2,28,31)/b19-10-/t24-,25+/m0/s1. The number of ether oxygens (including phenoxy) is 1. The summed E-state index contributed by atoms with van der Waals surface area (Å²) < 4.78 is 34.6. The third kappa shape index (κ3) is 5.63. The summed E-state index contributed by atoms with van der Waals surface area (Å²) in [4.78, 5) is 27.1. The molecule has 0 saturated heterocycles. The van der Waals surface area contributed by atoms with E-state index in [-0.39, 0.29) is 28.8 Å². The highest BCUT2D eigenvalue weighted by molar-refractivity contribution is 8.15. The van der Waals surface area contributed by atoms with Gasteiger partial charge in [-0.05, 0) is 56.4 Å². The molecule has 4 rings (SSSR count). The highest BCUT2D eigenvalue weighted by Gasteiger charge is 2.48. The number of nitrogens with two attached hydrogens (primary N) is 1. The number of aliphatic imine (C=N–C) groups is 1. The van der Waals surface area contributed by atoms with Gasteiger partial charge in [-0.25, -0.2) is 18.7 Å². The largest absolute Gasteiger partial charge is 0.476 e. The van der Waals surface area contributed by atoms with Gasteiger partial charge >= 0.3 is 0 Å². The lowest BCUT2D eigenvalue weighted by atomic mass is 9.82. The first-order valence-electron chi connectivity index (χ1n) is 11.4. The summed E-state index contributed by atoms with van der Waals surface area (Å²) in [6.07, 6.45) is 6.50. The zero-order valence-corrected chi connectivity index (χ0v) is 21.0. The van der Waals surface area contributed by atoms with Crippen LogP contribution in [0.1, 0.15) is 49.9 Å². The molecule has 1 saturated carbocycles. The number of carbonyl (C=O) groups excluding carboxylic acids is 1. The number of nitrogens with zero attached hydrogens (tertiary/aromatic N) is 4. The van der Waals surface area contributed by atoms with Crippen molar-refractivity contribution in [1.29, 1.82) is 0 Å². The molecule has 1 aliphatic carbocycles. The van der Waals surface area contributed by atoms with E-state index in [9.17, 15) is 9.18 Å². The second-order valence-electron chi connectivity index (χ2n) is 9.66. The Morgan fingerprint density at radius 2 is 2.03 bits per heavy atom. The Morgan fingerprint density at radius 1 is 1.29 bits per heavy atom. The first kappa shape index (κ1) is 25.1. The number of rotatable bonds is 7. The summed E-state index contributed by atoms with van der Waals surface area (Å²) >= 11 is 1.17. The first-order chi connectivity index (χ1) is 16.5. The molecule has 1 amide bonds. The van der Waals surface area contributed by atoms with E-state index in [1.54, 1.807) is 27.9 Å². The maximum absolute atomic E-state index is 15.0. The number of hydrogen-bond donors (Lipinski definition) is 1. The molecule has 2 atom stereocenters. The van der Waals surface area contributed by atoms with Crippen molar-refractivity contribution in [2.24, 2.45) is 16.6 Å². The fourth-order valence-corrected chi connectivity index (χ4v) is 5.58. The van der Waals surface area contributed by atoms with Gasteiger partial charge < -0.3 is 15.4 Å². The van der Waals surface area contributed by atoms with E-state index in [2.05, 4.69) is 15.0 Å². The Balaban J connectivity index is 1.60. The summed E-state index contributed by atoms with van der Waals surface area (Å²) in [5, 5.41) is 0.197. The van der Waals surface area contributed by atoms with Crippen molar-refractivity contribution >= 4 is 34.7 Å². The Bertz CT molecular complexity index is 1180. The molecule has 0 spiro atoms. The minimum Gasteiger partial charge on any atom is -0.476 e. The highest BCUT2D eigenvalue weighted by Crippen LogP contribution is 2.46. The second-order valence-corrected chi connectivity index (χ2v) is 11.2. The van der Waals surface area contributed by atoms with Crippen LogP contribution in [0.15, 0.2) is 35.6 Å². The fraction of sp³-hybridized carbons (Fsp3) is 0.440. The summed E-state index contributed by atoms with van der Waals surface area (Å²) in [5.74, 6) is -0.346. The molecule has 2 N–H and O–H groups in total. The molecule has 2 heterocycles. The van der Waals surface area contributed by atoms with Crippen LogP contribution in [0.25, 0.3) is 11.9 Å². The van der Waals surface area contributed by atoms with Crippen LogP contribution in [-0.4, -0.2) is 51.4 Å². The van der Waals surface area contributed by atoms with Gasteiger partial charge in [0.1, 0.15) is 16.3 Å². The lowest BCUT2D eigenvalue weighted by Gasteiger charge is -2.41. The predicted octanol–water partition coefficient (Wildman–Crippen LogP) is 4.39. The minimum absolute atomic E-state index is 0.0429. The Hall–Kier alpha value is -3.01. The molecule has 0 radical (unpaired) electrons. The number of amides is 1. The first-order valence-corrected chi connectivity index (χ1v) is 12.2. The van der Waals surface area contributed by atoms with Crippen LogP contribution in [0.3, 0.4) is 0 Å². The topological polar surface area (TPSA) is 93.7 Å². The predicted molar refractivity (Wildman–Crippen MR) is 134 cm³/mol. The molecule has 0 bridgehead atoms. The van der Waals surface area contributed by atoms with Gasteiger partial charge in [0.15, 0.2) is 11.0 Å². The van der Waals surface area contributed by atoms with E-state index in [0.717, 1.165) is 12.8 Å². The molecule has 1 aromatic carbocycles. The zero-order chi connectivity index (χ0) is 25.4. The Labute approximate surface area is 207 Å². The van der Waals surface area contributed by atoms with Gasteiger partial charge in [-0.2, -0.15) is 0 Å². The van der Waals surface area contributed by atoms with E-state index in [1.807, 2.05) is 0 Å². The molecule has 1 aliphatic heterocycles. The number of amidine groups is 1. The number of aromatic nitrogens is 2. The summed E-state index contributed by atoms with van der Waals surface area (Å²) in [6, 6.07) is 4.26. The molecular formula is C25H29F2N5O2S.